The third-order valence-electron chi connectivity index (χ3n) is 27.2. The molecule has 0 heterocycles. The predicted molar refractivity (Wildman–Crippen MR) is 651 cm³/mol. The van der Waals surface area contributed by atoms with Crippen molar-refractivity contribution in [2.75, 3.05) is 0 Å². The molecule has 0 nitrogen and oxygen atoms in total. The van der Waals surface area contributed by atoms with Crippen molar-refractivity contribution in [1.29, 1.82) is 0 Å². The van der Waals surface area contributed by atoms with Crippen LogP contribution in [0.25, 0.3) is 98.0 Å². The Morgan fingerprint density at radius 2 is 0.353 bits per heavy atom. The Labute approximate surface area is 895 Å². The van der Waals surface area contributed by atoms with Crippen molar-refractivity contribution in [2.45, 2.75) is 185 Å². The van der Waals surface area contributed by atoms with E-state index in [0.717, 1.165) is 11.1 Å². The smallest absolute Gasteiger partial charge is 0.170 e. The lowest BCUT2D eigenvalue weighted by Gasteiger charge is -2.33. The number of fused-ring (bicyclic) bond motifs is 6. The monoisotopic (exact) mass is 1970 g/mol. The van der Waals surface area contributed by atoms with Crippen LogP contribution in [0.15, 0.2) is 461 Å². The van der Waals surface area contributed by atoms with Crippen molar-refractivity contribution >= 4 is 64.6 Å². The third kappa shape index (κ3) is 34.7. The molecule has 22 rings (SSSR count). The highest BCUT2D eigenvalue weighted by atomic mass is 19.4. The van der Waals surface area contributed by atoms with Crippen LogP contribution in [0.3, 0.4) is 0 Å². The minimum Gasteiger partial charge on any atom is -0.170 e. The molecule has 0 atom stereocenters. The summed E-state index contributed by atoms with van der Waals surface area (Å²) in [7, 11) is 0. The topological polar surface area (TPSA) is 0 Å². The summed E-state index contributed by atoms with van der Waals surface area (Å²) in [4.78, 5) is 0. The van der Waals surface area contributed by atoms with Gasteiger partial charge in [0.1, 0.15) is 5.41 Å². The molecule has 0 aliphatic rings. The fraction of sp³-hybridized carbons (Fsp3) is 0.184. The van der Waals surface area contributed by atoms with Crippen LogP contribution in [0.2, 0.25) is 0 Å². The van der Waals surface area contributed by atoms with Crippen LogP contribution < -0.4 is 0 Å². The fourth-order valence-electron chi connectivity index (χ4n) is 17.7. The first kappa shape index (κ1) is 114. The quantitative estimate of drug-likeness (QED) is 0.161. The molecule has 0 aromatic heterocycles. The highest BCUT2D eigenvalue weighted by molar-refractivity contribution is 5.91. The van der Waals surface area contributed by atoms with E-state index in [1.165, 1.54) is 227 Å². The van der Waals surface area contributed by atoms with Gasteiger partial charge in [-0.15, -0.1) is 0 Å². The standard InChI is InChI=1S/C20H18.C17H17F3.C14H14.6C12H12.3C8H10/c1-15-3-7-17(8-4-15)19-11-13-20(14-12-19)18-9-5-16(2)6-10-18;1-12-4-8-14(9-5-12)16(3,17(18,19)20)15-10-6-13(2)7-11-15;1-11-3-7-13(8-4-11)14-9-5-12(2)6-10-14;1-9-3-5-12-8-10(2)4-6-11(12)7-9;1-9-3-5-11-6-4-10(2)8-12(11)7-9;1-9-5-3-8-12-10(2)6-4-7-11(9)12;1-9-5-3-7-11-8-4-6-10(2)12(9)11;1-9-6-7-12-10(2)4-3-5-11(12)8-9;1-9-6-7-11-5-3-4-10(2)12(11)8-9;1-7-3-5-8(2)6-4-7;1-7-4-3-5-8(2)6-7;1-7-5-3-4-6-8(7)2/h3-14H,1-2H3;4-11H,1-3H3;3-10H,1-2H3;6*3-8H,1-2H3;3*3-6H,1-2H3. The second kappa shape index (κ2) is 55.8. The van der Waals surface area contributed by atoms with E-state index in [-0.39, 0.29) is 11.1 Å². The van der Waals surface area contributed by atoms with E-state index in [2.05, 4.69) is 565 Å². The normalized spacial score (nSPS) is 10.5. The molecule has 0 saturated heterocycles. The first-order chi connectivity index (χ1) is 71.7. The first-order valence-corrected chi connectivity index (χ1v) is 52.2. The summed E-state index contributed by atoms with van der Waals surface area (Å²) >= 11 is 0. The summed E-state index contributed by atoms with van der Waals surface area (Å²) < 4.78 is 41.0. The molecule has 760 valence electrons. The molecule has 22 aromatic rings. The van der Waals surface area contributed by atoms with Crippen LogP contribution in [0, 0.1) is 166 Å². The number of halogens is 3. The molecule has 0 bridgehead atoms. The van der Waals surface area contributed by atoms with E-state index in [1.807, 2.05) is 13.8 Å². The molecule has 3 heteroatoms. The molecule has 0 aliphatic heterocycles. The van der Waals surface area contributed by atoms with Gasteiger partial charge in [-0.3, -0.25) is 0 Å². The third-order valence-corrected chi connectivity index (χ3v) is 27.2. The minimum atomic E-state index is -4.35. The highest BCUT2D eigenvalue weighted by Gasteiger charge is 2.53. The van der Waals surface area contributed by atoms with Gasteiger partial charge in [-0.25, -0.2) is 0 Å². The van der Waals surface area contributed by atoms with Crippen molar-refractivity contribution in [3.05, 3.63) is 606 Å². The van der Waals surface area contributed by atoms with E-state index < -0.39 is 11.6 Å². The Kier molecular flexibility index (Phi) is 42.6. The molecule has 0 unspecified atom stereocenters. The van der Waals surface area contributed by atoms with Gasteiger partial charge in [0.25, 0.3) is 0 Å². The van der Waals surface area contributed by atoms with Gasteiger partial charge in [-0.05, 0) is 327 Å². The van der Waals surface area contributed by atoms with Crippen molar-refractivity contribution in [3.63, 3.8) is 0 Å². The number of hydrogen-bond acceptors (Lipinski definition) is 0. The molecule has 0 aliphatic carbocycles. The SMILES string of the molecule is Cc1ccc(-c2ccc(-c3ccc(C)cc3)cc2)cc1.Cc1ccc(-c2ccc(C)cc2)cc1.Cc1ccc(C(C)(c2ccc(C)cc2)C(F)(F)F)cc1.Cc1ccc(C)cc1.Cc1ccc2c(C)cccc2c1.Cc1ccc2cc(C)ccc2c1.Cc1ccc2ccc(C)cc2c1.Cc1ccc2cccc(C)c2c1.Cc1cccc(C)c1.Cc1cccc2c(C)cccc12.Cc1cccc2cccc(C)c12.Cc1ccccc1C. The van der Waals surface area contributed by atoms with Crippen molar-refractivity contribution in [2.24, 2.45) is 0 Å². The van der Waals surface area contributed by atoms with Gasteiger partial charge in [-0.1, -0.05) is 550 Å². The van der Waals surface area contributed by atoms with E-state index in [9.17, 15) is 13.2 Å². The van der Waals surface area contributed by atoms with Gasteiger partial charge < -0.3 is 0 Å². The zero-order chi connectivity index (χ0) is 108. The van der Waals surface area contributed by atoms with E-state index in [0.29, 0.717) is 0 Å². The summed E-state index contributed by atoms with van der Waals surface area (Å²) in [5.41, 5.74) is 37.5. The molecule has 0 amide bonds. The van der Waals surface area contributed by atoms with Crippen LogP contribution in [0.5, 0.6) is 0 Å². The second-order valence-electron chi connectivity index (χ2n) is 40.6. The van der Waals surface area contributed by atoms with Gasteiger partial charge in [0.2, 0.25) is 0 Å². The molecular formula is C147H151F3. The van der Waals surface area contributed by atoms with E-state index >= 15 is 0 Å². The number of alkyl halides is 3. The maximum Gasteiger partial charge on any atom is 0.402 e. The van der Waals surface area contributed by atoms with Crippen LogP contribution in [0.4, 0.5) is 13.2 Å². The lowest BCUT2D eigenvalue weighted by Crippen LogP contribution is -2.40. The van der Waals surface area contributed by atoms with Gasteiger partial charge >= 0.3 is 6.18 Å². The van der Waals surface area contributed by atoms with Crippen LogP contribution in [-0.4, -0.2) is 6.18 Å². The Morgan fingerprint density at radius 3 is 0.667 bits per heavy atom. The summed E-state index contributed by atoms with van der Waals surface area (Å²) in [6, 6.07) is 160. The average molecular weight is 1970 g/mol. The predicted octanol–water partition coefficient (Wildman–Crippen LogP) is 42.4. The van der Waals surface area contributed by atoms with Crippen LogP contribution >= 0.6 is 0 Å². The molecule has 0 radical (unpaired) electrons. The fourth-order valence-corrected chi connectivity index (χ4v) is 17.7. The zero-order valence-corrected chi connectivity index (χ0v) is 93.0. The Morgan fingerprint density at radius 1 is 0.133 bits per heavy atom. The van der Waals surface area contributed by atoms with E-state index in [1.54, 1.807) is 48.5 Å². The number of rotatable bonds is 5. The first-order valence-electron chi connectivity index (χ1n) is 52.2. The molecule has 0 fully saturated rings. The molecular weight excluding hydrogens is 1820 g/mol. The summed E-state index contributed by atoms with van der Waals surface area (Å²) in [6.45, 7) is 51.8. The highest BCUT2D eigenvalue weighted by Crippen LogP contribution is 2.46. The molecule has 0 saturated carbocycles. The lowest BCUT2D eigenvalue weighted by molar-refractivity contribution is -0.173. The maximum atomic E-state index is 13.7. The minimum absolute atomic E-state index is 0.263. The Hall–Kier alpha value is -15.8. The molecule has 0 spiro atoms. The number of benzene rings is 22. The molecule has 150 heavy (non-hydrogen) atoms. The lowest BCUT2D eigenvalue weighted by atomic mass is 9.75. The zero-order valence-electron chi connectivity index (χ0n) is 93.0. The Balaban J connectivity index is 0.000000157. The average Bonchev–Trinajstić information content (AvgIpc) is 0.752. The largest absolute Gasteiger partial charge is 0.402 e. The van der Waals surface area contributed by atoms with Crippen molar-refractivity contribution in [3.8, 4) is 33.4 Å². The van der Waals surface area contributed by atoms with Gasteiger partial charge in [0, 0.05) is 0 Å². The maximum absolute atomic E-state index is 13.7. The summed E-state index contributed by atoms with van der Waals surface area (Å²) in [5.74, 6) is 0. The van der Waals surface area contributed by atoms with Gasteiger partial charge in [-0.2, -0.15) is 13.2 Å². The number of hydrogen-bond donors (Lipinski definition) is 0. The molecule has 22 aromatic carbocycles. The Bertz CT molecular complexity index is 7620. The van der Waals surface area contributed by atoms with E-state index in [4.69, 9.17) is 0 Å². The van der Waals surface area contributed by atoms with Gasteiger partial charge in [0.05, 0.1) is 0 Å². The van der Waals surface area contributed by atoms with Gasteiger partial charge in [0.15, 0.2) is 0 Å². The summed E-state index contributed by atoms with van der Waals surface area (Å²) in [6.07, 6.45) is -4.35. The number of aryl methyl sites for hydroxylation is 24. The van der Waals surface area contributed by atoms with Crippen LogP contribution in [-0.2, 0) is 5.41 Å². The molecule has 0 N–H and O–H groups in total. The van der Waals surface area contributed by atoms with Crippen molar-refractivity contribution < 1.29 is 13.2 Å². The van der Waals surface area contributed by atoms with Crippen molar-refractivity contribution in [1.82, 2.24) is 0 Å². The summed E-state index contributed by atoms with van der Waals surface area (Å²) in [5, 5.41) is 16.2. The second-order valence-corrected chi connectivity index (χ2v) is 40.6. The van der Waals surface area contributed by atoms with Crippen LogP contribution in [0.1, 0.15) is 152 Å².